The molecule has 0 saturated carbocycles. The van der Waals surface area contributed by atoms with Gasteiger partial charge in [-0.2, -0.15) is 0 Å². The van der Waals surface area contributed by atoms with E-state index in [4.69, 9.17) is 0 Å². The maximum Gasteiger partial charge on any atom is 0.0361 e. The lowest BCUT2D eigenvalue weighted by atomic mass is 9.82. The number of thiophene rings is 2. The average molecular weight is 697 g/mol. The molecule has 0 fully saturated rings. The first-order valence-corrected chi connectivity index (χ1v) is 19.8. The number of hydrogen-bond acceptors (Lipinski definition) is 2. The van der Waals surface area contributed by atoms with Gasteiger partial charge in [0.15, 0.2) is 0 Å². The standard InChI is InChI=1S/C50H32S2/c1-2-15-31(16-3-1)45-32-17-4-6-19-34(32)46(35-20-7-5-18-33(35)45)40-25-12-27-43-49(40)50-41(26-13-28-44(50)52-43)47-36-21-8-10-23-38(36)48(42-29-14-30-51-42)39-24-11-9-22-37(39)47/h1-2,4-15,17-30H,3,16H2. The van der Waals surface area contributed by atoms with Gasteiger partial charge in [-0.3, -0.25) is 0 Å². The summed E-state index contributed by atoms with van der Waals surface area (Å²) in [6.45, 7) is 0. The molecule has 0 bridgehead atoms. The van der Waals surface area contributed by atoms with Crippen LogP contribution in [0.25, 0.3) is 102 Å². The molecule has 0 saturated heterocycles. The van der Waals surface area contributed by atoms with E-state index in [0.717, 1.165) is 12.8 Å². The van der Waals surface area contributed by atoms with Crippen LogP contribution in [0.2, 0.25) is 0 Å². The second-order valence-corrected chi connectivity index (χ2v) is 15.8. The quantitative estimate of drug-likeness (QED) is 0.161. The molecule has 0 nitrogen and oxygen atoms in total. The van der Waals surface area contributed by atoms with E-state index in [1.165, 1.54) is 107 Å². The summed E-state index contributed by atoms with van der Waals surface area (Å²) >= 11 is 3.73. The van der Waals surface area contributed by atoms with Crippen molar-refractivity contribution in [3.8, 4) is 32.7 Å². The maximum absolute atomic E-state index is 2.37. The van der Waals surface area contributed by atoms with Gasteiger partial charge < -0.3 is 0 Å². The first-order valence-electron chi connectivity index (χ1n) is 18.1. The Morgan fingerprint density at radius 2 is 0.865 bits per heavy atom. The fourth-order valence-electron chi connectivity index (χ4n) is 8.96. The maximum atomic E-state index is 2.37. The van der Waals surface area contributed by atoms with Crippen LogP contribution in [0.15, 0.2) is 169 Å². The molecule has 11 rings (SSSR count). The Bertz CT molecular complexity index is 3000. The van der Waals surface area contributed by atoms with Gasteiger partial charge in [-0.15, -0.1) is 22.7 Å². The summed E-state index contributed by atoms with van der Waals surface area (Å²) in [5.41, 5.74) is 9.37. The fourth-order valence-corrected chi connectivity index (χ4v) is 10.9. The van der Waals surface area contributed by atoms with Gasteiger partial charge in [-0.1, -0.05) is 146 Å². The van der Waals surface area contributed by atoms with Gasteiger partial charge in [0.1, 0.15) is 0 Å². The van der Waals surface area contributed by atoms with Crippen LogP contribution >= 0.6 is 22.7 Å². The highest BCUT2D eigenvalue weighted by Crippen LogP contribution is 2.52. The van der Waals surface area contributed by atoms with Crippen molar-refractivity contribution in [2.75, 3.05) is 0 Å². The Balaban J connectivity index is 1.29. The van der Waals surface area contributed by atoms with Crippen molar-refractivity contribution in [1.29, 1.82) is 0 Å². The molecule has 0 atom stereocenters. The summed E-state index contributed by atoms with van der Waals surface area (Å²) in [6, 6.07) is 54.6. The smallest absolute Gasteiger partial charge is 0.0361 e. The molecule has 2 aromatic heterocycles. The van der Waals surface area contributed by atoms with E-state index in [1.807, 2.05) is 22.7 Å². The van der Waals surface area contributed by atoms with Gasteiger partial charge in [0.25, 0.3) is 0 Å². The van der Waals surface area contributed by atoms with E-state index in [9.17, 15) is 0 Å². The third-order valence-electron chi connectivity index (χ3n) is 11.0. The Kier molecular flexibility index (Phi) is 6.83. The molecule has 0 unspecified atom stereocenters. The van der Waals surface area contributed by atoms with Crippen LogP contribution in [-0.4, -0.2) is 0 Å². The van der Waals surface area contributed by atoms with Crippen molar-refractivity contribution >= 4 is 91.5 Å². The molecule has 52 heavy (non-hydrogen) atoms. The number of rotatable bonds is 4. The average Bonchev–Trinajstić information content (AvgIpc) is 3.88. The number of hydrogen-bond donors (Lipinski definition) is 0. The van der Waals surface area contributed by atoms with Gasteiger partial charge in [-0.25, -0.2) is 0 Å². The van der Waals surface area contributed by atoms with E-state index < -0.39 is 0 Å². The molecule has 10 aromatic rings. The van der Waals surface area contributed by atoms with Crippen LogP contribution in [0.1, 0.15) is 18.4 Å². The minimum Gasteiger partial charge on any atom is -0.144 e. The van der Waals surface area contributed by atoms with Crippen LogP contribution in [0.3, 0.4) is 0 Å². The monoisotopic (exact) mass is 696 g/mol. The van der Waals surface area contributed by atoms with Crippen molar-refractivity contribution in [1.82, 2.24) is 0 Å². The molecule has 0 N–H and O–H groups in total. The van der Waals surface area contributed by atoms with Crippen molar-refractivity contribution in [3.05, 3.63) is 175 Å². The van der Waals surface area contributed by atoms with Crippen molar-refractivity contribution in [2.24, 2.45) is 0 Å². The van der Waals surface area contributed by atoms with Gasteiger partial charge in [0, 0.05) is 30.6 Å². The second kappa shape index (κ2) is 11.9. The largest absolute Gasteiger partial charge is 0.144 e. The zero-order valence-electron chi connectivity index (χ0n) is 28.4. The first-order chi connectivity index (χ1) is 25.8. The zero-order valence-corrected chi connectivity index (χ0v) is 30.0. The third-order valence-corrected chi connectivity index (χ3v) is 13.0. The lowest BCUT2D eigenvalue weighted by Crippen LogP contribution is -1.95. The molecule has 2 heterocycles. The number of benzene rings is 8. The summed E-state index contributed by atoms with van der Waals surface area (Å²) in [6.07, 6.45) is 8.98. The minimum absolute atomic E-state index is 1.06. The molecule has 0 aliphatic heterocycles. The van der Waals surface area contributed by atoms with Crippen molar-refractivity contribution < 1.29 is 0 Å². The zero-order chi connectivity index (χ0) is 34.2. The first kappa shape index (κ1) is 29.9. The lowest BCUT2D eigenvalue weighted by Gasteiger charge is -2.21. The van der Waals surface area contributed by atoms with Crippen LogP contribution < -0.4 is 0 Å². The van der Waals surface area contributed by atoms with Crippen LogP contribution in [0.5, 0.6) is 0 Å². The van der Waals surface area contributed by atoms with Gasteiger partial charge in [-0.05, 0) is 113 Å². The molecule has 2 heteroatoms. The van der Waals surface area contributed by atoms with Gasteiger partial charge in [0.2, 0.25) is 0 Å². The highest BCUT2D eigenvalue weighted by Gasteiger charge is 2.23. The van der Waals surface area contributed by atoms with Crippen LogP contribution in [0, 0.1) is 0 Å². The van der Waals surface area contributed by atoms with Crippen molar-refractivity contribution in [2.45, 2.75) is 12.8 Å². The topological polar surface area (TPSA) is 0 Å². The molecule has 244 valence electrons. The molecular formula is C50H32S2. The second-order valence-electron chi connectivity index (χ2n) is 13.8. The van der Waals surface area contributed by atoms with Gasteiger partial charge in [0.05, 0.1) is 0 Å². The molecule has 0 amide bonds. The summed E-state index contributed by atoms with van der Waals surface area (Å²) in [5, 5.41) is 15.4. The van der Waals surface area contributed by atoms with E-state index in [1.54, 1.807) is 0 Å². The molecule has 1 aliphatic carbocycles. The SMILES string of the molecule is C1=CCCC(c2c3ccccc3c(-c3cccc4sc5cccc(-c6c7ccccc7c(-c7cccs7)c7ccccc67)c5c34)c3ccccc23)=C1. The predicted octanol–water partition coefficient (Wildman–Crippen LogP) is 15.5. The summed E-state index contributed by atoms with van der Waals surface area (Å²) in [7, 11) is 0. The van der Waals surface area contributed by atoms with Crippen LogP contribution in [0.4, 0.5) is 0 Å². The Morgan fingerprint density at radius 3 is 1.29 bits per heavy atom. The summed E-state index contributed by atoms with van der Waals surface area (Å²) in [5.74, 6) is 0. The molecule has 0 spiro atoms. The third kappa shape index (κ3) is 4.38. The molecule has 0 radical (unpaired) electrons. The van der Waals surface area contributed by atoms with E-state index in [-0.39, 0.29) is 0 Å². The molecule has 8 aromatic carbocycles. The Hall–Kier alpha value is -5.80. The number of allylic oxidation sites excluding steroid dienone is 4. The molecule has 1 aliphatic rings. The fraction of sp³-hybridized carbons (Fsp3) is 0.0400. The highest BCUT2D eigenvalue weighted by molar-refractivity contribution is 7.26. The van der Waals surface area contributed by atoms with Gasteiger partial charge >= 0.3 is 0 Å². The lowest BCUT2D eigenvalue weighted by molar-refractivity contribution is 1.06. The summed E-state index contributed by atoms with van der Waals surface area (Å²) < 4.78 is 2.64. The number of fused-ring (bicyclic) bond motifs is 7. The normalized spacial score (nSPS) is 13.3. The van der Waals surface area contributed by atoms with Crippen molar-refractivity contribution in [3.63, 3.8) is 0 Å². The van der Waals surface area contributed by atoms with E-state index in [0.29, 0.717) is 0 Å². The molecular weight excluding hydrogens is 665 g/mol. The van der Waals surface area contributed by atoms with E-state index >= 15 is 0 Å². The van der Waals surface area contributed by atoms with E-state index in [2.05, 4.69) is 169 Å². The Morgan fingerprint density at radius 1 is 0.404 bits per heavy atom. The highest BCUT2D eigenvalue weighted by atomic mass is 32.1. The van der Waals surface area contributed by atoms with Crippen LogP contribution in [-0.2, 0) is 0 Å². The predicted molar refractivity (Wildman–Crippen MR) is 230 cm³/mol. The Labute approximate surface area is 310 Å². The summed E-state index contributed by atoms with van der Waals surface area (Å²) in [4.78, 5) is 1.31. The minimum atomic E-state index is 1.06.